The lowest BCUT2D eigenvalue weighted by Gasteiger charge is -2.22. The summed E-state index contributed by atoms with van der Waals surface area (Å²) in [5.41, 5.74) is 0. The van der Waals surface area contributed by atoms with E-state index in [0.29, 0.717) is 32.7 Å². The number of rotatable bonds is 9. The smallest absolute Gasteiger partial charge is 0.320 e. The minimum absolute atomic E-state index is 0.0154. The van der Waals surface area contributed by atoms with Crippen molar-refractivity contribution >= 4 is 17.8 Å². The van der Waals surface area contributed by atoms with Gasteiger partial charge in [-0.25, -0.2) is 0 Å². The van der Waals surface area contributed by atoms with E-state index in [-0.39, 0.29) is 30.9 Å². The second-order valence-corrected chi connectivity index (χ2v) is 5.42. The molecule has 0 aliphatic carbocycles. The Morgan fingerprint density at radius 2 is 2.13 bits per heavy atom. The van der Waals surface area contributed by atoms with Gasteiger partial charge in [0.05, 0.1) is 26.3 Å². The number of hydrogen-bond acceptors (Lipinski definition) is 6. The van der Waals surface area contributed by atoms with Gasteiger partial charge in [-0.2, -0.15) is 0 Å². The number of nitrogens with zero attached hydrogens (tertiary/aromatic N) is 1. The maximum Gasteiger partial charge on any atom is 0.320 e. The fourth-order valence-corrected chi connectivity index (χ4v) is 2.34. The zero-order valence-electron chi connectivity index (χ0n) is 13.9. The first-order valence-corrected chi connectivity index (χ1v) is 8.00. The number of amides is 2. The Morgan fingerprint density at radius 3 is 2.83 bits per heavy atom. The van der Waals surface area contributed by atoms with Crippen molar-refractivity contribution in [3.8, 4) is 0 Å². The highest BCUT2D eigenvalue weighted by Gasteiger charge is 2.23. The molecule has 132 valence electrons. The highest BCUT2D eigenvalue weighted by molar-refractivity contribution is 5.88. The summed E-state index contributed by atoms with van der Waals surface area (Å²) in [5.74, 6) is -0.819. The topological polar surface area (TPSA) is 97.0 Å². The molecular formula is C15H27N3O5. The van der Waals surface area contributed by atoms with Crippen molar-refractivity contribution in [2.75, 3.05) is 46.5 Å². The van der Waals surface area contributed by atoms with E-state index in [1.165, 1.54) is 0 Å². The van der Waals surface area contributed by atoms with Crippen molar-refractivity contribution in [2.45, 2.75) is 32.2 Å². The highest BCUT2D eigenvalue weighted by Crippen LogP contribution is 2.05. The van der Waals surface area contributed by atoms with E-state index in [4.69, 9.17) is 9.47 Å². The number of ether oxygens (including phenoxy) is 2. The summed E-state index contributed by atoms with van der Waals surface area (Å²) in [6.07, 6.45) is 2.44. The molecule has 8 heteroatoms. The molecule has 8 nitrogen and oxygen atoms in total. The molecule has 0 bridgehead atoms. The largest absolute Gasteiger partial charge is 0.465 e. The molecule has 1 fully saturated rings. The molecule has 0 spiro atoms. The average Bonchev–Trinajstić information content (AvgIpc) is 2.70. The Hall–Kier alpha value is -1.67. The maximum absolute atomic E-state index is 12.2. The van der Waals surface area contributed by atoms with Gasteiger partial charge in [-0.15, -0.1) is 0 Å². The molecular weight excluding hydrogens is 302 g/mol. The van der Waals surface area contributed by atoms with Gasteiger partial charge in [0.25, 0.3) is 0 Å². The molecule has 1 aliphatic rings. The Kier molecular flexibility index (Phi) is 9.23. The van der Waals surface area contributed by atoms with Crippen LogP contribution in [-0.4, -0.2) is 75.2 Å². The lowest BCUT2D eigenvalue weighted by Crippen LogP contribution is -2.49. The summed E-state index contributed by atoms with van der Waals surface area (Å²) in [6, 6.07) is -0.503. The van der Waals surface area contributed by atoms with E-state index in [2.05, 4.69) is 10.6 Å². The highest BCUT2D eigenvalue weighted by atomic mass is 16.5. The Labute approximate surface area is 136 Å². The van der Waals surface area contributed by atoms with Gasteiger partial charge in [-0.05, 0) is 26.2 Å². The zero-order chi connectivity index (χ0) is 17.1. The Morgan fingerprint density at radius 1 is 1.35 bits per heavy atom. The van der Waals surface area contributed by atoms with E-state index in [0.717, 1.165) is 12.8 Å². The first kappa shape index (κ1) is 19.4. The fourth-order valence-electron chi connectivity index (χ4n) is 2.34. The Balaban J connectivity index is 2.50. The normalized spacial score (nSPS) is 18.2. The third-order valence-corrected chi connectivity index (χ3v) is 3.51. The predicted octanol–water partition coefficient (Wildman–Crippen LogP) is -0.717. The zero-order valence-corrected chi connectivity index (χ0v) is 13.9. The van der Waals surface area contributed by atoms with Gasteiger partial charge < -0.3 is 20.1 Å². The molecule has 1 heterocycles. The van der Waals surface area contributed by atoms with Crippen LogP contribution in [0.4, 0.5) is 0 Å². The standard InChI is InChI=1S/C15H27N3O5/c1-3-23-14(20)11-18(8-9-22-2)10-13(19)17-12-6-4-5-7-16-15(12)21/h12H,3-11H2,1-2H3,(H,16,21)(H,17,19)/t12-/m1/s1. The summed E-state index contributed by atoms with van der Waals surface area (Å²) in [4.78, 5) is 37.2. The van der Waals surface area contributed by atoms with E-state index in [9.17, 15) is 14.4 Å². The Bertz CT molecular complexity index is 403. The molecule has 2 N–H and O–H groups in total. The number of esters is 1. The number of carbonyl (C=O) groups excluding carboxylic acids is 3. The first-order valence-electron chi connectivity index (χ1n) is 8.00. The third kappa shape index (κ3) is 7.94. The second kappa shape index (κ2) is 11.0. The molecule has 0 unspecified atom stereocenters. The van der Waals surface area contributed by atoms with Crippen molar-refractivity contribution in [2.24, 2.45) is 0 Å². The summed E-state index contributed by atoms with van der Waals surface area (Å²) in [5, 5.41) is 5.51. The second-order valence-electron chi connectivity index (χ2n) is 5.42. The quantitative estimate of drug-likeness (QED) is 0.542. The lowest BCUT2D eigenvalue weighted by atomic mass is 10.1. The minimum Gasteiger partial charge on any atom is -0.465 e. The van der Waals surface area contributed by atoms with Crippen LogP contribution < -0.4 is 10.6 Å². The van der Waals surface area contributed by atoms with Gasteiger partial charge in [0.15, 0.2) is 0 Å². The molecule has 1 rings (SSSR count). The lowest BCUT2D eigenvalue weighted by molar-refractivity contribution is -0.145. The van der Waals surface area contributed by atoms with E-state index in [1.807, 2.05) is 0 Å². The summed E-state index contributed by atoms with van der Waals surface area (Å²) in [6.45, 7) is 3.54. The number of carbonyl (C=O) groups is 3. The van der Waals surface area contributed by atoms with Gasteiger partial charge in [-0.1, -0.05) is 0 Å². The van der Waals surface area contributed by atoms with E-state index in [1.54, 1.807) is 18.9 Å². The van der Waals surface area contributed by atoms with Crippen LogP contribution in [-0.2, 0) is 23.9 Å². The van der Waals surface area contributed by atoms with Gasteiger partial charge >= 0.3 is 5.97 Å². The van der Waals surface area contributed by atoms with Crippen molar-refractivity contribution in [1.82, 2.24) is 15.5 Å². The van der Waals surface area contributed by atoms with Crippen molar-refractivity contribution in [3.63, 3.8) is 0 Å². The number of nitrogens with one attached hydrogen (secondary N) is 2. The summed E-state index contributed by atoms with van der Waals surface area (Å²) >= 11 is 0. The van der Waals surface area contributed by atoms with Crippen LogP contribution in [0.5, 0.6) is 0 Å². The molecule has 0 saturated carbocycles. The third-order valence-electron chi connectivity index (χ3n) is 3.51. The molecule has 1 saturated heterocycles. The molecule has 1 atom stereocenters. The number of methoxy groups -OCH3 is 1. The molecule has 0 aromatic rings. The van der Waals surface area contributed by atoms with Crippen molar-refractivity contribution in [3.05, 3.63) is 0 Å². The molecule has 1 aliphatic heterocycles. The van der Waals surface area contributed by atoms with Crippen LogP contribution in [0.25, 0.3) is 0 Å². The summed E-state index contributed by atoms with van der Waals surface area (Å²) < 4.78 is 9.89. The minimum atomic E-state index is -0.503. The summed E-state index contributed by atoms with van der Waals surface area (Å²) in [7, 11) is 1.55. The predicted molar refractivity (Wildman–Crippen MR) is 83.7 cm³/mol. The maximum atomic E-state index is 12.2. The monoisotopic (exact) mass is 329 g/mol. The van der Waals surface area contributed by atoms with Crippen LogP contribution in [0.1, 0.15) is 26.2 Å². The molecule has 0 aromatic carbocycles. The molecule has 0 aromatic heterocycles. The first-order chi connectivity index (χ1) is 11.1. The molecule has 2 amide bonds. The van der Waals surface area contributed by atoms with Gasteiger partial charge in [-0.3, -0.25) is 19.3 Å². The van der Waals surface area contributed by atoms with Crippen molar-refractivity contribution < 1.29 is 23.9 Å². The van der Waals surface area contributed by atoms with Crippen LogP contribution in [0, 0.1) is 0 Å². The van der Waals surface area contributed by atoms with Crippen LogP contribution in [0.2, 0.25) is 0 Å². The molecule has 23 heavy (non-hydrogen) atoms. The van der Waals surface area contributed by atoms with Gasteiger partial charge in [0.1, 0.15) is 6.04 Å². The average molecular weight is 329 g/mol. The van der Waals surface area contributed by atoms with Gasteiger partial charge in [0.2, 0.25) is 11.8 Å². The van der Waals surface area contributed by atoms with Crippen LogP contribution >= 0.6 is 0 Å². The fraction of sp³-hybridized carbons (Fsp3) is 0.800. The molecule has 0 radical (unpaired) electrons. The van der Waals surface area contributed by atoms with Gasteiger partial charge in [0, 0.05) is 20.2 Å². The van der Waals surface area contributed by atoms with E-state index >= 15 is 0 Å². The van der Waals surface area contributed by atoms with Crippen LogP contribution in [0.3, 0.4) is 0 Å². The number of hydrogen-bond donors (Lipinski definition) is 2. The SMILES string of the molecule is CCOC(=O)CN(CCOC)CC(=O)N[C@@H]1CCCCNC1=O. The van der Waals surface area contributed by atoms with Crippen molar-refractivity contribution in [1.29, 1.82) is 0 Å². The van der Waals surface area contributed by atoms with Crippen LogP contribution in [0.15, 0.2) is 0 Å². The van der Waals surface area contributed by atoms with E-state index < -0.39 is 6.04 Å².